The molecule has 1 fully saturated rings. The van der Waals surface area contributed by atoms with Crippen molar-refractivity contribution in [3.63, 3.8) is 0 Å². The Hall–Kier alpha value is -1.68. The minimum atomic E-state index is -0.524. The summed E-state index contributed by atoms with van der Waals surface area (Å²) in [5.74, 6) is -0.323. The first-order valence-corrected chi connectivity index (χ1v) is 9.90. The Morgan fingerprint density at radius 1 is 1.28 bits per heavy atom. The summed E-state index contributed by atoms with van der Waals surface area (Å²) in [7, 11) is 0. The van der Waals surface area contributed by atoms with Crippen LogP contribution in [0, 0.1) is 0 Å². The van der Waals surface area contributed by atoms with Crippen LogP contribution in [0.25, 0.3) is 0 Å². The van der Waals surface area contributed by atoms with Crippen molar-refractivity contribution >= 4 is 46.1 Å². The van der Waals surface area contributed by atoms with Gasteiger partial charge in [0.25, 0.3) is 0 Å². The number of carbonyl (C=O) groups is 3. The molecule has 1 aliphatic rings. The largest absolute Gasteiger partial charge is 0.333 e. The quantitative estimate of drug-likeness (QED) is 0.574. The molecule has 1 aliphatic carbocycles. The van der Waals surface area contributed by atoms with Crippen LogP contribution in [0.4, 0.5) is 9.93 Å². The van der Waals surface area contributed by atoms with E-state index >= 15 is 0 Å². The Morgan fingerprint density at radius 2 is 1.96 bits per heavy atom. The molecule has 0 bridgehead atoms. The first-order chi connectivity index (χ1) is 11.7. The van der Waals surface area contributed by atoms with Gasteiger partial charge >= 0.3 is 6.03 Å². The van der Waals surface area contributed by atoms with E-state index in [1.54, 1.807) is 4.90 Å². The summed E-state index contributed by atoms with van der Waals surface area (Å²) < 4.78 is 0.593. The molecule has 25 heavy (non-hydrogen) atoms. The van der Waals surface area contributed by atoms with Crippen LogP contribution in [0.1, 0.15) is 47.0 Å². The number of hydrogen-bond donors (Lipinski definition) is 2. The van der Waals surface area contributed by atoms with Crippen molar-refractivity contribution in [1.29, 1.82) is 0 Å². The average Bonchev–Trinajstić information content (AvgIpc) is 3.21. The number of imide groups is 1. The number of rotatable bonds is 6. The number of amides is 4. The minimum absolute atomic E-state index is 0.0341. The summed E-state index contributed by atoms with van der Waals surface area (Å²) in [5, 5.41) is 13.6. The zero-order valence-electron chi connectivity index (χ0n) is 14.8. The molecular formula is C15H23N5O3S2. The standard InChI is InChI=1S/C15H23N5O3S2/c1-5-11(22)20(9-6-7-9)13-18-19-14(25-13)24-8-10(21)16-12(23)17-15(2,3)4/h9H,5-8H2,1-4H3,(H2,16,17,21,23). The van der Waals surface area contributed by atoms with Crippen LogP contribution < -0.4 is 15.5 Å². The highest BCUT2D eigenvalue weighted by atomic mass is 32.2. The van der Waals surface area contributed by atoms with Gasteiger partial charge in [-0.15, -0.1) is 10.2 Å². The lowest BCUT2D eigenvalue weighted by atomic mass is 10.1. The Labute approximate surface area is 155 Å². The van der Waals surface area contributed by atoms with Gasteiger partial charge in [-0.1, -0.05) is 30.0 Å². The molecule has 10 heteroatoms. The van der Waals surface area contributed by atoms with Crippen molar-refractivity contribution in [2.24, 2.45) is 0 Å². The van der Waals surface area contributed by atoms with Gasteiger partial charge in [0.05, 0.1) is 5.75 Å². The second-order valence-electron chi connectivity index (χ2n) is 6.74. The second kappa shape index (κ2) is 8.13. The van der Waals surface area contributed by atoms with E-state index < -0.39 is 17.5 Å². The van der Waals surface area contributed by atoms with Gasteiger partial charge in [0, 0.05) is 18.0 Å². The number of nitrogens with one attached hydrogen (secondary N) is 2. The second-order valence-corrected chi connectivity index (χ2v) is 8.92. The molecule has 1 aromatic rings. The normalized spacial score (nSPS) is 14.1. The summed E-state index contributed by atoms with van der Waals surface area (Å²) in [6.45, 7) is 7.31. The molecule has 1 heterocycles. The van der Waals surface area contributed by atoms with Gasteiger partial charge in [0.2, 0.25) is 16.9 Å². The van der Waals surface area contributed by atoms with Crippen molar-refractivity contribution in [1.82, 2.24) is 20.8 Å². The third kappa shape index (κ3) is 6.28. The van der Waals surface area contributed by atoms with Crippen LogP contribution in [0.5, 0.6) is 0 Å². The molecule has 0 radical (unpaired) electrons. The maximum absolute atomic E-state index is 12.1. The van der Waals surface area contributed by atoms with Gasteiger partial charge in [-0.2, -0.15) is 0 Å². The smallest absolute Gasteiger partial charge is 0.321 e. The number of urea groups is 1. The fourth-order valence-electron chi connectivity index (χ4n) is 1.99. The van der Waals surface area contributed by atoms with Crippen molar-refractivity contribution in [3.05, 3.63) is 0 Å². The Morgan fingerprint density at radius 3 is 2.52 bits per heavy atom. The van der Waals surface area contributed by atoms with E-state index in [9.17, 15) is 14.4 Å². The zero-order valence-corrected chi connectivity index (χ0v) is 16.4. The van der Waals surface area contributed by atoms with Crippen molar-refractivity contribution in [2.45, 2.75) is 62.9 Å². The highest BCUT2D eigenvalue weighted by Crippen LogP contribution is 2.36. The highest BCUT2D eigenvalue weighted by molar-refractivity contribution is 8.01. The molecule has 8 nitrogen and oxygen atoms in total. The highest BCUT2D eigenvalue weighted by Gasteiger charge is 2.35. The molecule has 0 unspecified atom stereocenters. The molecule has 0 saturated heterocycles. The molecule has 0 aliphatic heterocycles. The van der Waals surface area contributed by atoms with Crippen LogP contribution in [-0.2, 0) is 9.59 Å². The minimum Gasteiger partial charge on any atom is -0.333 e. The molecule has 0 spiro atoms. The van der Waals surface area contributed by atoms with E-state index in [1.807, 2.05) is 27.7 Å². The van der Waals surface area contributed by atoms with E-state index in [0.29, 0.717) is 15.9 Å². The van der Waals surface area contributed by atoms with E-state index in [4.69, 9.17) is 0 Å². The first-order valence-electron chi connectivity index (χ1n) is 8.10. The van der Waals surface area contributed by atoms with Gasteiger partial charge in [0.15, 0.2) is 4.34 Å². The molecule has 138 valence electrons. The van der Waals surface area contributed by atoms with Crippen LogP contribution in [0.2, 0.25) is 0 Å². The van der Waals surface area contributed by atoms with E-state index in [0.717, 1.165) is 12.8 Å². The lowest BCUT2D eigenvalue weighted by Gasteiger charge is -2.20. The van der Waals surface area contributed by atoms with Crippen LogP contribution in [-0.4, -0.2) is 45.4 Å². The molecule has 2 rings (SSSR count). The van der Waals surface area contributed by atoms with Gasteiger partial charge in [-0.3, -0.25) is 19.8 Å². The van der Waals surface area contributed by atoms with Crippen LogP contribution in [0.15, 0.2) is 4.34 Å². The lowest BCUT2D eigenvalue weighted by molar-refractivity contribution is -0.118. The van der Waals surface area contributed by atoms with Gasteiger partial charge < -0.3 is 5.32 Å². The Kier molecular flexibility index (Phi) is 6.39. The van der Waals surface area contributed by atoms with Gasteiger partial charge in [-0.25, -0.2) is 4.79 Å². The van der Waals surface area contributed by atoms with Crippen molar-refractivity contribution in [2.75, 3.05) is 10.7 Å². The number of anilines is 1. The average molecular weight is 386 g/mol. The third-order valence-electron chi connectivity index (χ3n) is 3.15. The number of nitrogens with zero attached hydrogens (tertiary/aromatic N) is 3. The fourth-order valence-corrected chi connectivity index (χ4v) is 3.72. The number of thioether (sulfide) groups is 1. The SMILES string of the molecule is CCC(=O)N(c1nnc(SCC(=O)NC(=O)NC(C)(C)C)s1)C1CC1. The van der Waals surface area contributed by atoms with Crippen molar-refractivity contribution < 1.29 is 14.4 Å². The Bertz CT molecular complexity index is 652. The molecule has 2 N–H and O–H groups in total. The van der Waals surface area contributed by atoms with Gasteiger partial charge in [0.1, 0.15) is 0 Å². The van der Waals surface area contributed by atoms with Crippen LogP contribution >= 0.6 is 23.1 Å². The molecular weight excluding hydrogens is 362 g/mol. The third-order valence-corrected chi connectivity index (χ3v) is 5.21. The first kappa shape index (κ1) is 19.6. The summed E-state index contributed by atoms with van der Waals surface area (Å²) in [4.78, 5) is 37.2. The zero-order chi connectivity index (χ0) is 18.6. The number of carbonyl (C=O) groups excluding carboxylic acids is 3. The van der Waals surface area contributed by atoms with E-state index in [-0.39, 0.29) is 17.7 Å². The predicted octanol–water partition coefficient (Wildman–Crippen LogP) is 2.16. The molecule has 0 atom stereocenters. The lowest BCUT2D eigenvalue weighted by Crippen LogP contribution is -2.48. The summed E-state index contributed by atoms with van der Waals surface area (Å²) in [6.07, 6.45) is 2.39. The Balaban J connectivity index is 1.85. The fraction of sp³-hybridized carbons (Fsp3) is 0.667. The summed E-state index contributed by atoms with van der Waals surface area (Å²) >= 11 is 2.48. The molecule has 4 amide bonds. The summed E-state index contributed by atoms with van der Waals surface area (Å²) in [5.41, 5.74) is -0.413. The van der Waals surface area contributed by atoms with Crippen molar-refractivity contribution in [3.8, 4) is 0 Å². The van der Waals surface area contributed by atoms with E-state index in [2.05, 4.69) is 20.8 Å². The number of aromatic nitrogens is 2. The van der Waals surface area contributed by atoms with Crippen LogP contribution in [0.3, 0.4) is 0 Å². The monoisotopic (exact) mass is 385 g/mol. The molecule has 0 aromatic carbocycles. The maximum atomic E-state index is 12.1. The molecule has 1 saturated carbocycles. The number of hydrogen-bond acceptors (Lipinski definition) is 7. The van der Waals surface area contributed by atoms with E-state index in [1.165, 1.54) is 23.1 Å². The predicted molar refractivity (Wildman–Crippen MR) is 97.9 cm³/mol. The topological polar surface area (TPSA) is 104 Å². The molecule has 1 aromatic heterocycles. The maximum Gasteiger partial charge on any atom is 0.321 e. The summed E-state index contributed by atoms with van der Waals surface area (Å²) in [6, 6.07) is -0.299. The van der Waals surface area contributed by atoms with Gasteiger partial charge in [-0.05, 0) is 33.6 Å².